The normalized spacial score (nSPS) is 18.0. The van der Waals surface area contributed by atoms with E-state index in [1.807, 2.05) is 13.0 Å². The Morgan fingerprint density at radius 1 is 1.20 bits per heavy atom. The minimum absolute atomic E-state index is 0.229. The van der Waals surface area contributed by atoms with E-state index < -0.39 is 0 Å². The molecule has 0 amide bonds. The van der Waals surface area contributed by atoms with E-state index in [-0.39, 0.29) is 6.61 Å². The molecular formula is C20H23N3OS. The molecule has 1 atom stereocenters. The minimum atomic E-state index is 0.229. The number of nitrogens with zero attached hydrogens (tertiary/aromatic N) is 3. The topological polar surface area (TPSA) is 49.2 Å². The number of thiophene rings is 1. The van der Waals surface area contributed by atoms with E-state index in [1.54, 1.807) is 11.3 Å². The van der Waals surface area contributed by atoms with Crippen LogP contribution in [-0.4, -0.2) is 34.3 Å². The molecule has 1 aliphatic heterocycles. The lowest BCUT2D eigenvalue weighted by Gasteiger charge is -2.36. The quantitative estimate of drug-likeness (QED) is 0.755. The number of hydrogen-bond acceptors (Lipinski definition) is 5. The van der Waals surface area contributed by atoms with Crippen LogP contribution in [0.15, 0.2) is 36.4 Å². The van der Waals surface area contributed by atoms with Gasteiger partial charge >= 0.3 is 0 Å². The summed E-state index contributed by atoms with van der Waals surface area (Å²) >= 11 is 1.73. The van der Waals surface area contributed by atoms with Crippen molar-refractivity contribution in [3.8, 4) is 10.4 Å². The molecule has 0 bridgehead atoms. The molecule has 0 radical (unpaired) electrons. The number of fused-ring (bicyclic) bond motifs is 1. The monoisotopic (exact) mass is 353 g/mol. The van der Waals surface area contributed by atoms with Crippen molar-refractivity contribution in [1.82, 2.24) is 9.97 Å². The van der Waals surface area contributed by atoms with Crippen LogP contribution in [0.4, 0.5) is 5.82 Å². The van der Waals surface area contributed by atoms with Crippen LogP contribution in [0, 0.1) is 6.92 Å². The average molecular weight is 353 g/mol. The zero-order valence-corrected chi connectivity index (χ0v) is 15.3. The summed E-state index contributed by atoms with van der Waals surface area (Å²) in [6, 6.07) is 13.1. The van der Waals surface area contributed by atoms with Crippen molar-refractivity contribution in [1.29, 1.82) is 0 Å². The largest absolute Gasteiger partial charge is 0.396 e. The smallest absolute Gasteiger partial charge is 0.141 e. The Morgan fingerprint density at radius 2 is 2.04 bits per heavy atom. The van der Waals surface area contributed by atoms with Gasteiger partial charge in [0.2, 0.25) is 0 Å². The Hall–Kier alpha value is -1.98. The van der Waals surface area contributed by atoms with Crippen molar-refractivity contribution in [2.75, 3.05) is 18.1 Å². The van der Waals surface area contributed by atoms with Crippen LogP contribution >= 0.6 is 11.3 Å². The highest BCUT2D eigenvalue weighted by Crippen LogP contribution is 2.38. The first-order chi connectivity index (χ1) is 12.3. The number of aliphatic hydroxyl groups excluding tert-OH is 1. The summed E-state index contributed by atoms with van der Waals surface area (Å²) in [6.45, 7) is 3.20. The molecule has 0 spiro atoms. The van der Waals surface area contributed by atoms with E-state index in [0.29, 0.717) is 6.04 Å². The fraction of sp³-hybridized carbons (Fsp3) is 0.400. The van der Waals surface area contributed by atoms with E-state index in [1.165, 1.54) is 23.3 Å². The maximum absolute atomic E-state index is 9.45. The molecule has 0 saturated carbocycles. The standard InChI is InChI=1S/C20H23N3OS/c1-14-21-19(23-11-6-5-9-16(23)10-12-24)17-13-18(25-20(17)22-14)15-7-3-2-4-8-15/h2-4,7-8,13,16,24H,5-6,9-12H2,1H3. The minimum Gasteiger partial charge on any atom is -0.396 e. The Labute approximate surface area is 152 Å². The number of aliphatic hydroxyl groups is 1. The fourth-order valence-corrected chi connectivity index (χ4v) is 4.78. The molecule has 4 rings (SSSR count). The molecule has 4 nitrogen and oxygen atoms in total. The average Bonchev–Trinajstić information content (AvgIpc) is 3.06. The van der Waals surface area contributed by atoms with Gasteiger partial charge in [-0.15, -0.1) is 11.3 Å². The lowest BCUT2D eigenvalue weighted by atomic mass is 9.99. The van der Waals surface area contributed by atoms with Crippen molar-refractivity contribution in [2.24, 2.45) is 0 Å². The maximum atomic E-state index is 9.45. The predicted molar refractivity (Wildman–Crippen MR) is 104 cm³/mol. The predicted octanol–water partition coefficient (Wildman–Crippen LogP) is 4.41. The molecule has 5 heteroatoms. The summed E-state index contributed by atoms with van der Waals surface area (Å²) in [4.78, 5) is 14.2. The first-order valence-corrected chi connectivity index (χ1v) is 9.79. The summed E-state index contributed by atoms with van der Waals surface area (Å²) in [6.07, 6.45) is 4.34. The van der Waals surface area contributed by atoms with Gasteiger partial charge in [-0.25, -0.2) is 9.97 Å². The molecular weight excluding hydrogens is 330 g/mol. The third kappa shape index (κ3) is 3.26. The Morgan fingerprint density at radius 3 is 2.84 bits per heavy atom. The Kier molecular flexibility index (Phi) is 4.68. The molecule has 1 aliphatic rings. The number of anilines is 1. The molecule has 1 saturated heterocycles. The second-order valence-electron chi connectivity index (χ2n) is 6.65. The van der Waals surface area contributed by atoms with Gasteiger partial charge in [-0.05, 0) is 44.2 Å². The van der Waals surface area contributed by atoms with Gasteiger partial charge in [0.15, 0.2) is 0 Å². The fourth-order valence-electron chi connectivity index (χ4n) is 3.70. The van der Waals surface area contributed by atoms with Gasteiger partial charge in [-0.1, -0.05) is 30.3 Å². The highest BCUT2D eigenvalue weighted by Gasteiger charge is 2.26. The maximum Gasteiger partial charge on any atom is 0.141 e. The Bertz CT molecular complexity index is 860. The lowest BCUT2D eigenvalue weighted by Crippen LogP contribution is -2.40. The lowest BCUT2D eigenvalue weighted by molar-refractivity contribution is 0.262. The number of benzene rings is 1. The first-order valence-electron chi connectivity index (χ1n) is 8.97. The van der Waals surface area contributed by atoms with Crippen molar-refractivity contribution in [2.45, 2.75) is 38.6 Å². The molecule has 130 valence electrons. The van der Waals surface area contributed by atoms with Crippen LogP contribution in [-0.2, 0) is 0 Å². The van der Waals surface area contributed by atoms with Crippen molar-refractivity contribution < 1.29 is 5.11 Å². The van der Waals surface area contributed by atoms with Gasteiger partial charge in [-0.3, -0.25) is 0 Å². The SMILES string of the molecule is Cc1nc(N2CCCCC2CCO)c2cc(-c3ccccc3)sc2n1. The molecule has 1 N–H and O–H groups in total. The second kappa shape index (κ2) is 7.10. The van der Waals surface area contributed by atoms with Gasteiger partial charge in [0.05, 0.1) is 5.39 Å². The molecule has 1 fully saturated rings. The van der Waals surface area contributed by atoms with Crippen LogP contribution in [0.25, 0.3) is 20.7 Å². The van der Waals surface area contributed by atoms with E-state index in [2.05, 4.69) is 40.2 Å². The number of aryl methyl sites for hydroxylation is 1. The number of rotatable bonds is 4. The van der Waals surface area contributed by atoms with Gasteiger partial charge < -0.3 is 10.0 Å². The van der Waals surface area contributed by atoms with Gasteiger partial charge in [0.1, 0.15) is 16.5 Å². The molecule has 3 heterocycles. The number of hydrogen-bond donors (Lipinski definition) is 1. The zero-order valence-electron chi connectivity index (χ0n) is 14.5. The molecule has 3 aromatic rings. The third-order valence-corrected chi connectivity index (χ3v) is 5.98. The highest BCUT2D eigenvalue weighted by atomic mass is 32.1. The van der Waals surface area contributed by atoms with E-state index >= 15 is 0 Å². The van der Waals surface area contributed by atoms with Crippen LogP contribution in [0.3, 0.4) is 0 Å². The molecule has 0 aliphatic carbocycles. The summed E-state index contributed by atoms with van der Waals surface area (Å²) in [5.74, 6) is 1.86. The van der Waals surface area contributed by atoms with E-state index in [0.717, 1.165) is 41.2 Å². The number of piperidine rings is 1. The molecule has 25 heavy (non-hydrogen) atoms. The van der Waals surface area contributed by atoms with Gasteiger partial charge in [0, 0.05) is 24.1 Å². The number of aromatic nitrogens is 2. The van der Waals surface area contributed by atoms with Crippen molar-refractivity contribution >= 4 is 27.4 Å². The summed E-state index contributed by atoms with van der Waals surface area (Å²) in [7, 11) is 0. The molecule has 1 unspecified atom stereocenters. The van der Waals surface area contributed by atoms with Crippen molar-refractivity contribution in [3.63, 3.8) is 0 Å². The van der Waals surface area contributed by atoms with Crippen LogP contribution in [0.5, 0.6) is 0 Å². The zero-order chi connectivity index (χ0) is 17.2. The molecule has 1 aromatic carbocycles. The van der Waals surface area contributed by atoms with Gasteiger partial charge in [-0.2, -0.15) is 0 Å². The van der Waals surface area contributed by atoms with Crippen molar-refractivity contribution in [3.05, 3.63) is 42.2 Å². The van der Waals surface area contributed by atoms with Crippen LogP contribution in [0.2, 0.25) is 0 Å². The van der Waals surface area contributed by atoms with Gasteiger partial charge in [0.25, 0.3) is 0 Å². The third-order valence-electron chi connectivity index (χ3n) is 4.90. The van der Waals surface area contributed by atoms with Crippen LogP contribution < -0.4 is 4.90 Å². The van der Waals surface area contributed by atoms with E-state index in [4.69, 9.17) is 4.98 Å². The summed E-state index contributed by atoms with van der Waals surface area (Å²) in [5.41, 5.74) is 1.22. The molecule has 2 aromatic heterocycles. The van der Waals surface area contributed by atoms with Crippen LogP contribution in [0.1, 0.15) is 31.5 Å². The van der Waals surface area contributed by atoms with E-state index in [9.17, 15) is 5.11 Å². The summed E-state index contributed by atoms with van der Waals surface area (Å²) < 4.78 is 0. The first kappa shape index (κ1) is 16.5. The summed E-state index contributed by atoms with van der Waals surface area (Å²) in [5, 5.41) is 10.6. The highest BCUT2D eigenvalue weighted by molar-refractivity contribution is 7.21. The second-order valence-corrected chi connectivity index (χ2v) is 7.68. The Balaban J connectivity index is 1.81.